The fraction of sp³-hybridized carbons (Fsp3) is 0.467. The van der Waals surface area contributed by atoms with Crippen LogP contribution < -0.4 is 5.73 Å². The highest BCUT2D eigenvalue weighted by Gasteiger charge is 2.24. The molecule has 20 heavy (non-hydrogen) atoms. The van der Waals surface area contributed by atoms with Crippen molar-refractivity contribution in [1.29, 1.82) is 0 Å². The van der Waals surface area contributed by atoms with E-state index in [0.717, 1.165) is 12.0 Å². The minimum atomic E-state index is 0.0496. The van der Waals surface area contributed by atoms with Gasteiger partial charge in [-0.3, -0.25) is 0 Å². The van der Waals surface area contributed by atoms with E-state index in [2.05, 4.69) is 30.9 Å². The Morgan fingerprint density at radius 2 is 2.10 bits per heavy atom. The van der Waals surface area contributed by atoms with Crippen LogP contribution in [-0.2, 0) is 0 Å². The molecule has 0 aliphatic heterocycles. The molecule has 1 aromatic carbocycles. The second kappa shape index (κ2) is 5.63. The van der Waals surface area contributed by atoms with Gasteiger partial charge >= 0.3 is 0 Å². The maximum Gasteiger partial charge on any atom is 0.231 e. The Morgan fingerprint density at radius 3 is 2.70 bits per heavy atom. The van der Waals surface area contributed by atoms with Crippen LogP contribution in [-0.4, -0.2) is 21.8 Å². The van der Waals surface area contributed by atoms with Crippen LogP contribution in [0, 0.1) is 5.41 Å². The molecule has 5 nitrogen and oxygen atoms in total. The molecule has 0 amide bonds. The van der Waals surface area contributed by atoms with Crippen LogP contribution in [0.4, 0.5) is 0 Å². The van der Waals surface area contributed by atoms with Gasteiger partial charge in [0.05, 0.1) is 5.92 Å². The third-order valence-corrected chi connectivity index (χ3v) is 3.04. The predicted molar refractivity (Wildman–Crippen MR) is 77.3 cm³/mol. The highest BCUT2D eigenvalue weighted by molar-refractivity contribution is 5.56. The van der Waals surface area contributed by atoms with E-state index in [-0.39, 0.29) is 17.1 Å². The Morgan fingerprint density at radius 1 is 1.35 bits per heavy atom. The molecule has 108 valence electrons. The predicted octanol–water partition coefficient (Wildman–Crippen LogP) is 2.92. The van der Waals surface area contributed by atoms with E-state index in [1.54, 1.807) is 18.2 Å². The first kappa shape index (κ1) is 14.5. The van der Waals surface area contributed by atoms with Crippen molar-refractivity contribution in [2.75, 3.05) is 6.54 Å². The molecular formula is C15H21N3O2. The minimum Gasteiger partial charge on any atom is -0.508 e. The average Bonchev–Trinajstić information content (AvgIpc) is 2.84. The third kappa shape index (κ3) is 3.57. The Kier molecular flexibility index (Phi) is 4.09. The molecule has 0 fully saturated rings. The summed E-state index contributed by atoms with van der Waals surface area (Å²) in [6, 6.07) is 6.79. The Balaban J connectivity index is 2.23. The van der Waals surface area contributed by atoms with Crippen molar-refractivity contribution in [3.8, 4) is 17.1 Å². The van der Waals surface area contributed by atoms with Gasteiger partial charge in [0, 0.05) is 12.1 Å². The molecular weight excluding hydrogens is 254 g/mol. The summed E-state index contributed by atoms with van der Waals surface area (Å²) in [5.41, 5.74) is 6.69. The lowest BCUT2D eigenvalue weighted by atomic mass is 9.84. The SMILES string of the molecule is CC(C)(C)CC(CN)c1nc(-c2cccc(O)c2)no1. The molecule has 1 aromatic heterocycles. The molecule has 0 bridgehead atoms. The molecule has 2 aromatic rings. The molecule has 0 aliphatic carbocycles. The summed E-state index contributed by atoms with van der Waals surface area (Å²) in [6.45, 7) is 6.94. The second-order valence-corrected chi connectivity index (χ2v) is 6.20. The number of hydrogen-bond acceptors (Lipinski definition) is 5. The first-order chi connectivity index (χ1) is 9.39. The molecule has 1 unspecified atom stereocenters. The van der Waals surface area contributed by atoms with Gasteiger partial charge in [0.1, 0.15) is 5.75 Å². The summed E-state index contributed by atoms with van der Waals surface area (Å²) >= 11 is 0. The number of hydrogen-bond donors (Lipinski definition) is 2. The fourth-order valence-electron chi connectivity index (χ4n) is 2.17. The third-order valence-electron chi connectivity index (χ3n) is 3.04. The summed E-state index contributed by atoms with van der Waals surface area (Å²) in [5, 5.41) is 13.5. The van der Waals surface area contributed by atoms with E-state index in [4.69, 9.17) is 10.3 Å². The number of rotatable bonds is 4. The first-order valence-electron chi connectivity index (χ1n) is 6.72. The quantitative estimate of drug-likeness (QED) is 0.896. The molecule has 0 radical (unpaired) electrons. The number of aromatic nitrogens is 2. The van der Waals surface area contributed by atoms with Gasteiger partial charge in [-0.2, -0.15) is 4.98 Å². The number of phenols is 1. The number of aromatic hydroxyl groups is 1. The van der Waals surface area contributed by atoms with Crippen molar-refractivity contribution in [2.24, 2.45) is 11.1 Å². The molecule has 5 heteroatoms. The van der Waals surface area contributed by atoms with E-state index in [9.17, 15) is 5.11 Å². The highest BCUT2D eigenvalue weighted by Crippen LogP contribution is 2.31. The van der Waals surface area contributed by atoms with Crippen LogP contribution in [0.25, 0.3) is 11.4 Å². The molecule has 0 saturated heterocycles. The van der Waals surface area contributed by atoms with Crippen LogP contribution >= 0.6 is 0 Å². The van der Waals surface area contributed by atoms with Gasteiger partial charge in [0.2, 0.25) is 11.7 Å². The Labute approximate surface area is 118 Å². The maximum atomic E-state index is 9.48. The average molecular weight is 275 g/mol. The zero-order valence-electron chi connectivity index (χ0n) is 12.1. The van der Waals surface area contributed by atoms with Gasteiger partial charge in [-0.1, -0.05) is 38.1 Å². The van der Waals surface area contributed by atoms with Crippen molar-refractivity contribution in [3.63, 3.8) is 0 Å². The van der Waals surface area contributed by atoms with Crippen LogP contribution in [0.2, 0.25) is 0 Å². The van der Waals surface area contributed by atoms with E-state index in [1.807, 2.05) is 6.07 Å². The summed E-state index contributed by atoms with van der Waals surface area (Å²) in [5.74, 6) is 1.26. The number of nitrogens with two attached hydrogens (primary N) is 1. The van der Waals surface area contributed by atoms with Gasteiger partial charge in [-0.05, 0) is 24.0 Å². The van der Waals surface area contributed by atoms with Gasteiger partial charge in [-0.25, -0.2) is 0 Å². The van der Waals surface area contributed by atoms with Gasteiger partial charge in [0.25, 0.3) is 0 Å². The standard InChI is InChI=1S/C15H21N3O2/c1-15(2,3)8-11(9-16)14-17-13(18-20-14)10-5-4-6-12(19)7-10/h4-7,11,19H,8-9,16H2,1-3H3. The second-order valence-electron chi connectivity index (χ2n) is 6.20. The summed E-state index contributed by atoms with van der Waals surface area (Å²) in [4.78, 5) is 4.41. The number of phenolic OH excluding ortho intramolecular Hbond substituents is 1. The van der Waals surface area contributed by atoms with Gasteiger partial charge in [0.15, 0.2) is 0 Å². The van der Waals surface area contributed by atoms with E-state index in [0.29, 0.717) is 18.3 Å². The first-order valence-corrected chi connectivity index (χ1v) is 6.72. The zero-order chi connectivity index (χ0) is 14.8. The smallest absolute Gasteiger partial charge is 0.231 e. The van der Waals surface area contributed by atoms with Crippen LogP contribution in [0.5, 0.6) is 5.75 Å². The van der Waals surface area contributed by atoms with Crippen LogP contribution in [0.15, 0.2) is 28.8 Å². The zero-order valence-corrected chi connectivity index (χ0v) is 12.1. The molecule has 1 heterocycles. The van der Waals surface area contributed by atoms with Crippen molar-refractivity contribution in [1.82, 2.24) is 10.1 Å². The summed E-state index contributed by atoms with van der Waals surface area (Å²) in [7, 11) is 0. The van der Waals surface area contributed by atoms with Crippen molar-refractivity contribution in [3.05, 3.63) is 30.2 Å². The largest absolute Gasteiger partial charge is 0.508 e. The van der Waals surface area contributed by atoms with Crippen molar-refractivity contribution >= 4 is 0 Å². The fourth-order valence-corrected chi connectivity index (χ4v) is 2.17. The van der Waals surface area contributed by atoms with Crippen molar-refractivity contribution < 1.29 is 9.63 Å². The Bertz CT molecular complexity index is 572. The maximum absolute atomic E-state index is 9.48. The highest BCUT2D eigenvalue weighted by atomic mass is 16.5. The van der Waals surface area contributed by atoms with E-state index < -0.39 is 0 Å². The van der Waals surface area contributed by atoms with Gasteiger partial charge in [-0.15, -0.1) is 0 Å². The number of nitrogens with zero attached hydrogens (tertiary/aromatic N) is 2. The molecule has 2 rings (SSSR count). The molecule has 0 saturated carbocycles. The Hall–Kier alpha value is -1.88. The normalized spacial score (nSPS) is 13.4. The molecule has 0 spiro atoms. The molecule has 3 N–H and O–H groups in total. The summed E-state index contributed by atoms with van der Waals surface area (Å²) < 4.78 is 5.34. The summed E-state index contributed by atoms with van der Waals surface area (Å²) in [6.07, 6.45) is 0.880. The van der Waals surface area contributed by atoms with E-state index >= 15 is 0 Å². The molecule has 1 atom stereocenters. The van der Waals surface area contributed by atoms with Crippen LogP contribution in [0.1, 0.15) is 39.0 Å². The lowest BCUT2D eigenvalue weighted by Gasteiger charge is -2.22. The van der Waals surface area contributed by atoms with Gasteiger partial charge < -0.3 is 15.4 Å². The van der Waals surface area contributed by atoms with E-state index in [1.165, 1.54) is 0 Å². The topological polar surface area (TPSA) is 85.2 Å². The number of benzene rings is 1. The minimum absolute atomic E-state index is 0.0496. The lowest BCUT2D eigenvalue weighted by molar-refractivity contribution is 0.287. The van der Waals surface area contributed by atoms with Crippen LogP contribution in [0.3, 0.4) is 0 Å². The molecule has 0 aliphatic rings. The monoisotopic (exact) mass is 275 g/mol. The van der Waals surface area contributed by atoms with Crippen molar-refractivity contribution in [2.45, 2.75) is 33.1 Å². The lowest BCUT2D eigenvalue weighted by Crippen LogP contribution is -2.19.